The van der Waals surface area contributed by atoms with E-state index in [0.29, 0.717) is 0 Å². The Bertz CT molecular complexity index is 802. The van der Waals surface area contributed by atoms with Gasteiger partial charge in [-0.25, -0.2) is 0 Å². The largest absolute Gasteiger partial charge is 0.459 e. The van der Waals surface area contributed by atoms with Gasteiger partial charge in [-0.15, -0.1) is 0 Å². The van der Waals surface area contributed by atoms with E-state index in [2.05, 4.69) is 16.2 Å². The molecule has 0 fully saturated rings. The lowest BCUT2D eigenvalue weighted by molar-refractivity contribution is -0.384. The van der Waals surface area contributed by atoms with Crippen molar-refractivity contribution in [2.24, 2.45) is 0 Å². The van der Waals surface area contributed by atoms with Crippen molar-refractivity contribution >= 4 is 23.4 Å². The summed E-state index contributed by atoms with van der Waals surface area (Å²) in [5, 5.41) is 13.1. The van der Waals surface area contributed by atoms with Gasteiger partial charge in [0.1, 0.15) is 6.04 Å². The first-order valence-electron chi connectivity index (χ1n) is 7.07. The molecule has 0 saturated carbocycles. The maximum Gasteiger partial charge on any atom is 0.287 e. The molecule has 3 amide bonds. The van der Waals surface area contributed by atoms with E-state index in [1.165, 1.54) is 43.5 Å². The minimum Gasteiger partial charge on any atom is -0.459 e. The number of carbonyl (C=O) groups excluding carboxylic acids is 3. The summed E-state index contributed by atoms with van der Waals surface area (Å²) in [6, 6.07) is 7.02. The quantitative estimate of drug-likeness (QED) is 0.539. The molecule has 1 atom stereocenters. The smallest absolute Gasteiger partial charge is 0.287 e. The molecule has 0 aliphatic heterocycles. The number of hydrogen-bond acceptors (Lipinski definition) is 6. The number of rotatable bonds is 5. The number of nitro groups is 1. The van der Waals surface area contributed by atoms with Gasteiger partial charge in [0.2, 0.25) is 0 Å². The van der Waals surface area contributed by atoms with Crippen LogP contribution in [0.1, 0.15) is 27.8 Å². The van der Waals surface area contributed by atoms with Crippen LogP contribution in [0.4, 0.5) is 5.69 Å². The van der Waals surface area contributed by atoms with E-state index in [9.17, 15) is 24.5 Å². The molecular formula is C15H14N4O6. The number of hydrogen-bond donors (Lipinski definition) is 3. The highest BCUT2D eigenvalue weighted by molar-refractivity contribution is 5.98. The summed E-state index contributed by atoms with van der Waals surface area (Å²) < 4.78 is 4.89. The molecule has 130 valence electrons. The highest BCUT2D eigenvalue weighted by Gasteiger charge is 2.19. The summed E-state index contributed by atoms with van der Waals surface area (Å²) in [6.45, 7) is 1.41. The molecule has 1 unspecified atom stereocenters. The molecule has 0 aliphatic carbocycles. The first-order valence-corrected chi connectivity index (χ1v) is 7.07. The Labute approximate surface area is 141 Å². The predicted molar refractivity (Wildman–Crippen MR) is 84.3 cm³/mol. The van der Waals surface area contributed by atoms with Gasteiger partial charge in [-0.3, -0.25) is 35.3 Å². The lowest BCUT2D eigenvalue weighted by Gasteiger charge is -2.13. The third kappa shape index (κ3) is 4.64. The zero-order chi connectivity index (χ0) is 18.4. The Kier molecular flexibility index (Phi) is 5.46. The molecule has 0 bridgehead atoms. The van der Waals surface area contributed by atoms with Crippen LogP contribution in [0.25, 0.3) is 0 Å². The van der Waals surface area contributed by atoms with Gasteiger partial charge in [0.25, 0.3) is 23.4 Å². The normalized spacial score (nSPS) is 11.2. The average molecular weight is 346 g/mol. The first kappa shape index (κ1) is 17.7. The van der Waals surface area contributed by atoms with Crippen molar-refractivity contribution in [1.29, 1.82) is 0 Å². The van der Waals surface area contributed by atoms with Gasteiger partial charge in [0.15, 0.2) is 5.76 Å². The van der Waals surface area contributed by atoms with Gasteiger partial charge >= 0.3 is 0 Å². The molecule has 10 nitrogen and oxygen atoms in total. The molecule has 0 spiro atoms. The number of benzene rings is 1. The fourth-order valence-electron chi connectivity index (χ4n) is 1.80. The molecule has 3 N–H and O–H groups in total. The SMILES string of the molecule is CC(NC(=O)c1ccco1)C(=O)NNC(=O)c1cccc([N+](=O)[O-])c1. The number of amides is 3. The van der Waals surface area contributed by atoms with Crippen molar-refractivity contribution in [2.75, 3.05) is 0 Å². The lowest BCUT2D eigenvalue weighted by Crippen LogP contribution is -2.51. The maximum absolute atomic E-state index is 11.9. The third-order valence-electron chi connectivity index (χ3n) is 3.10. The van der Waals surface area contributed by atoms with E-state index in [1.54, 1.807) is 0 Å². The number of carbonyl (C=O) groups is 3. The lowest BCUT2D eigenvalue weighted by atomic mass is 10.2. The van der Waals surface area contributed by atoms with Gasteiger partial charge in [-0.05, 0) is 25.1 Å². The van der Waals surface area contributed by atoms with Crippen molar-refractivity contribution in [3.8, 4) is 0 Å². The van der Waals surface area contributed by atoms with E-state index in [0.717, 1.165) is 6.07 Å². The Balaban J connectivity index is 1.88. The monoisotopic (exact) mass is 346 g/mol. The zero-order valence-corrected chi connectivity index (χ0v) is 13.0. The fraction of sp³-hybridized carbons (Fsp3) is 0.133. The Morgan fingerprint density at radius 3 is 2.52 bits per heavy atom. The molecule has 1 aromatic carbocycles. The number of non-ortho nitro benzene ring substituents is 1. The average Bonchev–Trinajstić information content (AvgIpc) is 3.14. The molecule has 2 aromatic rings. The third-order valence-corrected chi connectivity index (χ3v) is 3.10. The summed E-state index contributed by atoms with van der Waals surface area (Å²) >= 11 is 0. The maximum atomic E-state index is 11.9. The van der Waals surface area contributed by atoms with Crippen LogP contribution in [0.2, 0.25) is 0 Å². The second kappa shape index (κ2) is 7.73. The minimum atomic E-state index is -0.956. The van der Waals surface area contributed by atoms with Gasteiger partial charge in [0, 0.05) is 17.7 Å². The van der Waals surface area contributed by atoms with Crippen LogP contribution < -0.4 is 16.2 Å². The summed E-state index contributed by atoms with van der Waals surface area (Å²) in [4.78, 5) is 45.6. The van der Waals surface area contributed by atoms with Gasteiger partial charge in [0.05, 0.1) is 11.2 Å². The molecule has 1 heterocycles. The molecule has 25 heavy (non-hydrogen) atoms. The highest BCUT2D eigenvalue weighted by Crippen LogP contribution is 2.12. The van der Waals surface area contributed by atoms with Crippen LogP contribution in [0.5, 0.6) is 0 Å². The standard InChI is InChI=1S/C15H14N4O6/c1-9(16-15(22)12-6-3-7-25-12)13(20)17-18-14(21)10-4-2-5-11(8-10)19(23)24/h2-9H,1H3,(H,16,22)(H,17,20)(H,18,21). The summed E-state index contributed by atoms with van der Waals surface area (Å²) in [7, 11) is 0. The van der Waals surface area contributed by atoms with Crippen molar-refractivity contribution < 1.29 is 23.7 Å². The van der Waals surface area contributed by atoms with Gasteiger partial charge in [-0.1, -0.05) is 6.07 Å². The number of furan rings is 1. The highest BCUT2D eigenvalue weighted by atomic mass is 16.6. The zero-order valence-electron chi connectivity index (χ0n) is 13.0. The topological polar surface area (TPSA) is 144 Å². The minimum absolute atomic E-state index is 0.00164. The number of nitrogens with zero attached hydrogens (tertiary/aromatic N) is 1. The van der Waals surface area contributed by atoms with Crippen LogP contribution in [0.15, 0.2) is 47.1 Å². The van der Waals surface area contributed by atoms with E-state index in [1.807, 2.05) is 0 Å². The molecule has 0 aliphatic rings. The predicted octanol–water partition coefficient (Wildman–Crippen LogP) is 0.767. The summed E-state index contributed by atoms with van der Waals surface area (Å²) in [6.07, 6.45) is 1.32. The second-order valence-electron chi connectivity index (χ2n) is 4.92. The number of hydrazine groups is 1. The van der Waals surface area contributed by atoms with Gasteiger partial charge in [-0.2, -0.15) is 0 Å². The van der Waals surface area contributed by atoms with Crippen LogP contribution in [0, 0.1) is 10.1 Å². The van der Waals surface area contributed by atoms with Gasteiger partial charge < -0.3 is 9.73 Å². The molecular weight excluding hydrogens is 332 g/mol. The number of nitro benzene ring substituents is 1. The van der Waals surface area contributed by atoms with Crippen LogP contribution in [0.3, 0.4) is 0 Å². The Morgan fingerprint density at radius 1 is 1.12 bits per heavy atom. The van der Waals surface area contributed by atoms with Crippen LogP contribution >= 0.6 is 0 Å². The van der Waals surface area contributed by atoms with Crippen molar-refractivity contribution in [1.82, 2.24) is 16.2 Å². The first-order chi connectivity index (χ1) is 11.9. The van der Waals surface area contributed by atoms with E-state index >= 15 is 0 Å². The molecule has 1 aromatic heterocycles. The van der Waals surface area contributed by atoms with Crippen molar-refractivity contribution in [3.05, 3.63) is 64.1 Å². The van der Waals surface area contributed by atoms with E-state index in [-0.39, 0.29) is 17.0 Å². The van der Waals surface area contributed by atoms with Crippen molar-refractivity contribution in [2.45, 2.75) is 13.0 Å². The molecule has 10 heteroatoms. The molecule has 0 saturated heterocycles. The van der Waals surface area contributed by atoms with Crippen LogP contribution in [-0.2, 0) is 4.79 Å². The summed E-state index contributed by atoms with van der Waals surface area (Å²) in [5.74, 6) is -1.96. The molecule has 2 rings (SSSR count). The number of nitrogens with one attached hydrogen (secondary N) is 3. The van der Waals surface area contributed by atoms with E-state index < -0.39 is 28.7 Å². The Morgan fingerprint density at radius 2 is 1.88 bits per heavy atom. The fourth-order valence-corrected chi connectivity index (χ4v) is 1.80. The summed E-state index contributed by atoms with van der Waals surface area (Å²) in [5.41, 5.74) is 3.99. The van der Waals surface area contributed by atoms with E-state index in [4.69, 9.17) is 4.42 Å². The molecule has 0 radical (unpaired) electrons. The van der Waals surface area contributed by atoms with Crippen LogP contribution in [-0.4, -0.2) is 28.7 Å². The van der Waals surface area contributed by atoms with Crippen molar-refractivity contribution in [3.63, 3.8) is 0 Å². The second-order valence-corrected chi connectivity index (χ2v) is 4.92. The Hall–Kier alpha value is -3.69.